The molecule has 1 atom stereocenters. The molecule has 1 amide bonds. The first-order valence-corrected chi connectivity index (χ1v) is 9.65. The molecule has 4 rings (SSSR count). The molecule has 1 aliphatic carbocycles. The minimum Gasteiger partial charge on any atom is -0.352 e. The Morgan fingerprint density at radius 3 is 2.25 bits per heavy atom. The van der Waals surface area contributed by atoms with Gasteiger partial charge in [0.2, 0.25) is 5.91 Å². The summed E-state index contributed by atoms with van der Waals surface area (Å²) < 4.78 is 27.0. The molecule has 1 aliphatic heterocycles. The Morgan fingerprint density at radius 2 is 1.71 bits per heavy atom. The van der Waals surface area contributed by atoms with Gasteiger partial charge in [-0.15, -0.1) is 10.2 Å². The molecular weight excluding hydrogens is 386 g/mol. The molecule has 2 aromatic rings. The van der Waals surface area contributed by atoms with Crippen molar-refractivity contribution in [3.05, 3.63) is 52.7 Å². The number of amides is 1. The zero-order valence-electron chi connectivity index (χ0n) is 15.5. The van der Waals surface area contributed by atoms with E-state index in [4.69, 9.17) is 11.6 Å². The van der Waals surface area contributed by atoms with Crippen LogP contribution in [0.4, 0.5) is 14.6 Å². The molecule has 148 valence electrons. The standard InChI is InChI=1S/C20H21ClF2N4O/c1-19(13-20(19,22)23)15-4-2-14(3-5-15)12-18(28)27-10-8-26(9-11-27)17-7-6-16(21)24-25-17/h2-7H,8-13H2,1H3. The average molecular weight is 407 g/mol. The number of anilines is 1. The summed E-state index contributed by atoms with van der Waals surface area (Å²) in [5.41, 5.74) is 0.412. The van der Waals surface area contributed by atoms with Gasteiger partial charge in [-0.05, 0) is 30.2 Å². The first kappa shape index (κ1) is 19.1. The third-order valence-corrected chi connectivity index (χ3v) is 5.98. The highest BCUT2D eigenvalue weighted by molar-refractivity contribution is 6.29. The van der Waals surface area contributed by atoms with E-state index in [0.29, 0.717) is 36.9 Å². The Hall–Kier alpha value is -2.28. The first-order chi connectivity index (χ1) is 13.3. The van der Waals surface area contributed by atoms with E-state index < -0.39 is 11.3 Å². The fourth-order valence-electron chi connectivity index (χ4n) is 3.65. The molecule has 2 aliphatic rings. The fourth-order valence-corrected chi connectivity index (χ4v) is 3.75. The highest BCUT2D eigenvalue weighted by Crippen LogP contribution is 2.61. The van der Waals surface area contributed by atoms with E-state index in [1.807, 2.05) is 11.0 Å². The van der Waals surface area contributed by atoms with Crippen LogP contribution >= 0.6 is 11.6 Å². The van der Waals surface area contributed by atoms with Crippen LogP contribution in [-0.2, 0) is 16.6 Å². The van der Waals surface area contributed by atoms with Crippen molar-refractivity contribution in [3.63, 3.8) is 0 Å². The van der Waals surface area contributed by atoms with Gasteiger partial charge in [-0.25, -0.2) is 8.78 Å². The number of benzene rings is 1. The number of rotatable bonds is 4. The first-order valence-electron chi connectivity index (χ1n) is 9.28. The summed E-state index contributed by atoms with van der Waals surface area (Å²) in [6.45, 7) is 4.14. The number of halogens is 3. The third kappa shape index (κ3) is 3.55. The molecule has 1 unspecified atom stereocenters. The minimum absolute atomic E-state index is 0.0394. The second kappa shape index (κ2) is 6.95. The molecule has 0 N–H and O–H groups in total. The molecule has 8 heteroatoms. The topological polar surface area (TPSA) is 49.3 Å². The summed E-state index contributed by atoms with van der Waals surface area (Å²) >= 11 is 5.76. The summed E-state index contributed by atoms with van der Waals surface area (Å²) in [7, 11) is 0. The van der Waals surface area contributed by atoms with E-state index >= 15 is 0 Å². The molecule has 1 aromatic heterocycles. The van der Waals surface area contributed by atoms with Crippen LogP contribution in [0.2, 0.25) is 5.15 Å². The van der Waals surface area contributed by atoms with Gasteiger partial charge in [0.25, 0.3) is 5.92 Å². The molecule has 2 fully saturated rings. The summed E-state index contributed by atoms with van der Waals surface area (Å²) in [6, 6.07) is 10.5. The molecule has 1 aromatic carbocycles. The van der Waals surface area contributed by atoms with E-state index in [1.165, 1.54) is 0 Å². The molecule has 28 heavy (non-hydrogen) atoms. The summed E-state index contributed by atoms with van der Waals surface area (Å²) in [5.74, 6) is -1.84. The van der Waals surface area contributed by atoms with Crippen LogP contribution in [0.5, 0.6) is 0 Å². The van der Waals surface area contributed by atoms with Crippen molar-refractivity contribution in [1.29, 1.82) is 0 Å². The van der Waals surface area contributed by atoms with Gasteiger partial charge in [-0.3, -0.25) is 4.79 Å². The lowest BCUT2D eigenvalue weighted by Gasteiger charge is -2.35. The Labute approximate surface area is 167 Å². The molecule has 0 radical (unpaired) electrons. The zero-order valence-corrected chi connectivity index (χ0v) is 16.3. The number of alkyl halides is 2. The van der Waals surface area contributed by atoms with Gasteiger partial charge >= 0.3 is 0 Å². The maximum absolute atomic E-state index is 13.5. The fraction of sp³-hybridized carbons (Fsp3) is 0.450. The van der Waals surface area contributed by atoms with Crippen molar-refractivity contribution < 1.29 is 13.6 Å². The van der Waals surface area contributed by atoms with Gasteiger partial charge in [0, 0.05) is 32.6 Å². The maximum Gasteiger partial charge on any atom is 0.258 e. The van der Waals surface area contributed by atoms with Crippen LogP contribution in [0.1, 0.15) is 24.5 Å². The molecule has 2 heterocycles. The zero-order chi connectivity index (χ0) is 19.9. The largest absolute Gasteiger partial charge is 0.352 e. The Kier molecular flexibility index (Phi) is 4.73. The van der Waals surface area contributed by atoms with Crippen LogP contribution in [0, 0.1) is 0 Å². The summed E-state index contributed by atoms with van der Waals surface area (Å²) in [4.78, 5) is 16.5. The van der Waals surface area contributed by atoms with Crippen molar-refractivity contribution in [2.75, 3.05) is 31.1 Å². The predicted octanol–water partition coefficient (Wildman–Crippen LogP) is 3.32. The van der Waals surface area contributed by atoms with Crippen LogP contribution < -0.4 is 4.90 Å². The van der Waals surface area contributed by atoms with Gasteiger partial charge in [0.05, 0.1) is 11.8 Å². The second-order valence-corrected chi connectivity index (χ2v) is 8.06. The van der Waals surface area contributed by atoms with E-state index in [1.54, 1.807) is 37.3 Å². The number of hydrogen-bond donors (Lipinski definition) is 0. The number of nitrogens with zero attached hydrogens (tertiary/aromatic N) is 4. The molecule has 5 nitrogen and oxygen atoms in total. The van der Waals surface area contributed by atoms with Gasteiger partial charge in [0.15, 0.2) is 11.0 Å². The van der Waals surface area contributed by atoms with Gasteiger partial charge in [0.1, 0.15) is 0 Å². The lowest BCUT2D eigenvalue weighted by atomic mass is 9.96. The van der Waals surface area contributed by atoms with Crippen molar-refractivity contribution in [2.45, 2.75) is 31.1 Å². The van der Waals surface area contributed by atoms with Crippen molar-refractivity contribution in [2.24, 2.45) is 0 Å². The normalized spacial score (nSPS) is 23.6. The van der Waals surface area contributed by atoms with E-state index in [2.05, 4.69) is 15.1 Å². The Balaban J connectivity index is 1.32. The van der Waals surface area contributed by atoms with Crippen LogP contribution in [-0.4, -0.2) is 53.1 Å². The minimum atomic E-state index is -2.63. The Morgan fingerprint density at radius 1 is 1.07 bits per heavy atom. The second-order valence-electron chi connectivity index (χ2n) is 7.67. The van der Waals surface area contributed by atoms with Crippen LogP contribution in [0.3, 0.4) is 0 Å². The average Bonchev–Trinajstić information content (AvgIpc) is 3.22. The molecular formula is C20H21ClF2N4O. The van der Waals surface area contributed by atoms with E-state index in [0.717, 1.165) is 11.4 Å². The van der Waals surface area contributed by atoms with Gasteiger partial charge in [-0.1, -0.05) is 35.9 Å². The number of piperazine rings is 1. The maximum atomic E-state index is 13.5. The van der Waals surface area contributed by atoms with Crippen molar-refractivity contribution in [1.82, 2.24) is 15.1 Å². The van der Waals surface area contributed by atoms with Crippen LogP contribution in [0.25, 0.3) is 0 Å². The number of hydrogen-bond acceptors (Lipinski definition) is 4. The smallest absolute Gasteiger partial charge is 0.258 e. The predicted molar refractivity (Wildman–Crippen MR) is 103 cm³/mol. The van der Waals surface area contributed by atoms with E-state index in [-0.39, 0.29) is 18.7 Å². The quantitative estimate of drug-likeness (QED) is 0.781. The number of aromatic nitrogens is 2. The highest BCUT2D eigenvalue weighted by Gasteiger charge is 2.68. The summed E-state index contributed by atoms with van der Waals surface area (Å²) in [6.07, 6.45) is 0.161. The summed E-state index contributed by atoms with van der Waals surface area (Å²) in [5, 5.41) is 8.27. The Bertz CT molecular complexity index is 867. The van der Waals surface area contributed by atoms with Gasteiger partial charge in [-0.2, -0.15) is 0 Å². The van der Waals surface area contributed by atoms with Crippen molar-refractivity contribution >= 4 is 23.3 Å². The van der Waals surface area contributed by atoms with Crippen molar-refractivity contribution in [3.8, 4) is 0 Å². The van der Waals surface area contributed by atoms with Gasteiger partial charge < -0.3 is 9.80 Å². The molecule has 0 spiro atoms. The molecule has 0 bridgehead atoms. The number of carbonyl (C=O) groups excluding carboxylic acids is 1. The van der Waals surface area contributed by atoms with E-state index in [9.17, 15) is 13.6 Å². The van der Waals surface area contributed by atoms with Crippen LogP contribution in [0.15, 0.2) is 36.4 Å². The lowest BCUT2D eigenvalue weighted by molar-refractivity contribution is -0.130. The highest BCUT2D eigenvalue weighted by atomic mass is 35.5. The SMILES string of the molecule is CC1(c2ccc(CC(=O)N3CCN(c4ccc(Cl)nn4)CC3)cc2)CC1(F)F. The molecule has 1 saturated carbocycles. The third-order valence-electron chi connectivity index (χ3n) is 5.78. The number of carbonyl (C=O) groups is 1. The monoisotopic (exact) mass is 406 g/mol. The molecule has 1 saturated heterocycles. The lowest BCUT2D eigenvalue weighted by Crippen LogP contribution is -2.49.